The number of halogens is 1. The summed E-state index contributed by atoms with van der Waals surface area (Å²) >= 11 is 5.87. The van der Waals surface area contributed by atoms with Gasteiger partial charge in [0.2, 0.25) is 0 Å². The molecule has 0 bridgehead atoms. The van der Waals surface area contributed by atoms with E-state index in [2.05, 4.69) is 16.9 Å². The number of anilines is 1. The molecule has 0 fully saturated rings. The Morgan fingerprint density at radius 1 is 1.54 bits per heavy atom. The van der Waals surface area contributed by atoms with Gasteiger partial charge in [-0.1, -0.05) is 0 Å². The van der Waals surface area contributed by atoms with Crippen LogP contribution in [0, 0.1) is 6.92 Å². The fourth-order valence-electron chi connectivity index (χ4n) is 1.47. The maximum Gasteiger partial charge on any atom is 0.130 e. The second-order valence-electron chi connectivity index (χ2n) is 3.16. The van der Waals surface area contributed by atoms with Gasteiger partial charge in [-0.15, -0.1) is 11.6 Å². The van der Waals surface area contributed by atoms with E-state index >= 15 is 0 Å². The van der Waals surface area contributed by atoms with Crippen LogP contribution in [0.2, 0.25) is 0 Å². The van der Waals surface area contributed by atoms with Crippen LogP contribution in [-0.4, -0.2) is 23.4 Å². The summed E-state index contributed by atoms with van der Waals surface area (Å²) in [6, 6.07) is 0. The molecule has 1 aromatic rings. The summed E-state index contributed by atoms with van der Waals surface area (Å²) in [4.78, 5) is 2.15. The Labute approximate surface area is 84.3 Å². The summed E-state index contributed by atoms with van der Waals surface area (Å²) in [5, 5.41) is 4.34. The second kappa shape index (κ2) is 4.01. The average molecular weight is 202 g/mol. The van der Waals surface area contributed by atoms with Gasteiger partial charge in [0.1, 0.15) is 5.82 Å². The van der Waals surface area contributed by atoms with Gasteiger partial charge in [-0.25, -0.2) is 0 Å². The number of rotatable bonds is 3. The van der Waals surface area contributed by atoms with E-state index in [0.29, 0.717) is 5.88 Å². The van der Waals surface area contributed by atoms with E-state index in [-0.39, 0.29) is 0 Å². The van der Waals surface area contributed by atoms with Crippen LogP contribution >= 0.6 is 11.6 Å². The molecule has 1 heterocycles. The van der Waals surface area contributed by atoms with Gasteiger partial charge < -0.3 is 4.90 Å². The molecule has 1 rings (SSSR count). The topological polar surface area (TPSA) is 21.1 Å². The molecule has 0 aliphatic carbocycles. The van der Waals surface area contributed by atoms with Gasteiger partial charge in [-0.2, -0.15) is 5.10 Å². The van der Waals surface area contributed by atoms with E-state index in [1.54, 1.807) is 0 Å². The highest BCUT2D eigenvalue weighted by Gasteiger charge is 2.14. The van der Waals surface area contributed by atoms with E-state index in [1.807, 2.05) is 25.7 Å². The number of nitrogens with zero attached hydrogens (tertiary/aromatic N) is 3. The van der Waals surface area contributed by atoms with Crippen molar-refractivity contribution in [3.63, 3.8) is 0 Å². The predicted octanol–water partition coefficient (Wildman–Crippen LogP) is 1.92. The number of hydrogen-bond acceptors (Lipinski definition) is 2. The summed E-state index contributed by atoms with van der Waals surface area (Å²) in [5.74, 6) is 1.65. The first-order valence-corrected chi connectivity index (χ1v) is 4.94. The lowest BCUT2D eigenvalue weighted by Crippen LogP contribution is -2.20. The number of aryl methyl sites for hydroxylation is 2. The zero-order valence-corrected chi connectivity index (χ0v) is 9.39. The van der Waals surface area contributed by atoms with E-state index < -0.39 is 0 Å². The Balaban J connectivity index is 3.16. The smallest absolute Gasteiger partial charge is 0.130 e. The number of hydrogen-bond donors (Lipinski definition) is 0. The van der Waals surface area contributed by atoms with E-state index in [1.165, 1.54) is 0 Å². The van der Waals surface area contributed by atoms with Gasteiger partial charge in [0.05, 0.1) is 11.6 Å². The first-order chi connectivity index (χ1) is 6.11. The zero-order chi connectivity index (χ0) is 10.0. The average Bonchev–Trinajstić information content (AvgIpc) is 2.39. The van der Waals surface area contributed by atoms with Gasteiger partial charge in [0, 0.05) is 26.2 Å². The Morgan fingerprint density at radius 2 is 2.15 bits per heavy atom. The van der Waals surface area contributed by atoms with Crippen LogP contribution in [0.1, 0.15) is 18.2 Å². The third-order valence-corrected chi connectivity index (χ3v) is 2.55. The lowest BCUT2D eigenvalue weighted by Gasteiger charge is -2.18. The molecular formula is C9H16ClN3. The largest absolute Gasteiger partial charge is 0.360 e. The monoisotopic (exact) mass is 201 g/mol. The predicted molar refractivity (Wildman–Crippen MR) is 56.4 cm³/mol. The molecule has 0 N–H and O–H groups in total. The van der Waals surface area contributed by atoms with Crippen molar-refractivity contribution in [1.29, 1.82) is 0 Å². The Morgan fingerprint density at radius 3 is 2.62 bits per heavy atom. The van der Waals surface area contributed by atoms with Crippen molar-refractivity contribution < 1.29 is 0 Å². The molecule has 4 heteroatoms. The van der Waals surface area contributed by atoms with Crippen molar-refractivity contribution in [1.82, 2.24) is 9.78 Å². The van der Waals surface area contributed by atoms with Crippen molar-refractivity contribution in [2.45, 2.75) is 19.7 Å². The molecule has 0 radical (unpaired) electrons. The van der Waals surface area contributed by atoms with Crippen molar-refractivity contribution in [3.05, 3.63) is 11.3 Å². The summed E-state index contributed by atoms with van der Waals surface area (Å²) in [6.45, 7) is 5.06. The van der Waals surface area contributed by atoms with Gasteiger partial charge in [-0.3, -0.25) is 4.68 Å². The molecule has 0 amide bonds. The summed E-state index contributed by atoms with van der Waals surface area (Å²) < 4.78 is 1.89. The minimum Gasteiger partial charge on any atom is -0.360 e. The molecule has 3 nitrogen and oxygen atoms in total. The fraction of sp³-hybridized carbons (Fsp3) is 0.667. The lowest BCUT2D eigenvalue weighted by atomic mass is 10.2. The third kappa shape index (κ3) is 1.80. The highest BCUT2D eigenvalue weighted by molar-refractivity contribution is 6.17. The lowest BCUT2D eigenvalue weighted by molar-refractivity contribution is 0.733. The Bertz CT molecular complexity index is 293. The van der Waals surface area contributed by atoms with Gasteiger partial charge >= 0.3 is 0 Å². The first-order valence-electron chi connectivity index (χ1n) is 4.41. The summed E-state index contributed by atoms with van der Waals surface area (Å²) in [7, 11) is 4.00. The quantitative estimate of drug-likeness (QED) is 0.697. The van der Waals surface area contributed by atoms with Crippen molar-refractivity contribution in [2.75, 3.05) is 18.5 Å². The molecule has 1 aromatic heterocycles. The van der Waals surface area contributed by atoms with Crippen LogP contribution in [0.3, 0.4) is 0 Å². The highest BCUT2D eigenvalue weighted by Crippen LogP contribution is 2.23. The molecule has 0 aromatic carbocycles. The minimum atomic E-state index is 0.527. The summed E-state index contributed by atoms with van der Waals surface area (Å²) in [6.07, 6.45) is 0. The van der Waals surface area contributed by atoms with Crippen molar-refractivity contribution in [3.8, 4) is 0 Å². The Hall–Kier alpha value is -0.700. The van der Waals surface area contributed by atoms with E-state index in [0.717, 1.165) is 23.6 Å². The summed E-state index contributed by atoms with van der Waals surface area (Å²) in [5.41, 5.74) is 2.15. The molecule has 74 valence electrons. The molecule has 0 unspecified atom stereocenters. The molecule has 0 atom stereocenters. The maximum atomic E-state index is 5.87. The molecule has 13 heavy (non-hydrogen) atoms. The third-order valence-electron chi connectivity index (χ3n) is 2.28. The zero-order valence-electron chi connectivity index (χ0n) is 8.63. The molecule has 0 aliphatic heterocycles. The maximum absolute atomic E-state index is 5.87. The number of alkyl halides is 1. The molecule has 0 saturated carbocycles. The van der Waals surface area contributed by atoms with Crippen LogP contribution in [0.25, 0.3) is 0 Å². The van der Waals surface area contributed by atoms with Crippen molar-refractivity contribution in [2.24, 2.45) is 7.05 Å². The van der Waals surface area contributed by atoms with Gasteiger partial charge in [0.25, 0.3) is 0 Å². The molecule has 0 aliphatic rings. The highest BCUT2D eigenvalue weighted by atomic mass is 35.5. The van der Waals surface area contributed by atoms with Gasteiger partial charge in [-0.05, 0) is 13.8 Å². The first kappa shape index (κ1) is 10.4. The van der Waals surface area contributed by atoms with Crippen LogP contribution in [0.4, 0.5) is 5.82 Å². The Kier molecular flexibility index (Phi) is 3.20. The molecular weight excluding hydrogens is 186 g/mol. The van der Waals surface area contributed by atoms with E-state index in [9.17, 15) is 0 Å². The normalized spacial score (nSPS) is 10.5. The van der Waals surface area contributed by atoms with Crippen LogP contribution in [-0.2, 0) is 12.9 Å². The van der Waals surface area contributed by atoms with Gasteiger partial charge in [0.15, 0.2) is 0 Å². The second-order valence-corrected chi connectivity index (χ2v) is 3.43. The molecule has 0 spiro atoms. The van der Waals surface area contributed by atoms with E-state index in [4.69, 9.17) is 11.6 Å². The fourth-order valence-corrected chi connectivity index (χ4v) is 1.79. The van der Waals surface area contributed by atoms with Crippen LogP contribution in [0.5, 0.6) is 0 Å². The SMILES string of the molecule is CCN(C)c1c(CCl)c(C)nn1C. The standard InChI is InChI=1S/C9H16ClN3/c1-5-12(3)9-8(6-10)7(2)11-13(9)4/h5-6H2,1-4H3. The number of aromatic nitrogens is 2. The minimum absolute atomic E-state index is 0.527. The van der Waals surface area contributed by atoms with Crippen LogP contribution in [0.15, 0.2) is 0 Å². The molecule has 0 saturated heterocycles. The van der Waals surface area contributed by atoms with Crippen molar-refractivity contribution >= 4 is 17.4 Å². The van der Waals surface area contributed by atoms with Crippen LogP contribution < -0.4 is 4.90 Å².